The first-order valence-electron chi connectivity index (χ1n) is 9.03. The molecule has 1 aliphatic heterocycles. The highest BCUT2D eigenvalue weighted by Crippen LogP contribution is 2.21. The third kappa shape index (κ3) is 3.81. The van der Waals surface area contributed by atoms with Gasteiger partial charge in [-0.2, -0.15) is 0 Å². The second-order valence-corrected chi connectivity index (χ2v) is 6.66. The summed E-state index contributed by atoms with van der Waals surface area (Å²) in [4.78, 5) is 31.9. The van der Waals surface area contributed by atoms with Crippen LogP contribution in [0.1, 0.15) is 38.3 Å². The van der Waals surface area contributed by atoms with E-state index < -0.39 is 0 Å². The van der Waals surface area contributed by atoms with Crippen molar-refractivity contribution < 1.29 is 4.79 Å². The number of carbonyl (C=O) groups excluding carboxylic acids is 1. The summed E-state index contributed by atoms with van der Waals surface area (Å²) in [5, 5.41) is 0. The molecular weight excluding hydrogens is 314 g/mol. The van der Waals surface area contributed by atoms with Gasteiger partial charge in [-0.3, -0.25) is 14.2 Å². The van der Waals surface area contributed by atoms with Crippen LogP contribution in [0, 0.1) is 6.92 Å². The van der Waals surface area contributed by atoms with Gasteiger partial charge in [-0.1, -0.05) is 37.3 Å². The zero-order chi connectivity index (χ0) is 17.8. The molecule has 5 heteroatoms. The van der Waals surface area contributed by atoms with Crippen LogP contribution in [0.5, 0.6) is 0 Å². The highest BCUT2D eigenvalue weighted by atomic mass is 16.2. The Morgan fingerprint density at radius 1 is 1.24 bits per heavy atom. The summed E-state index contributed by atoms with van der Waals surface area (Å²) in [7, 11) is 0. The van der Waals surface area contributed by atoms with Crippen molar-refractivity contribution in [2.24, 2.45) is 0 Å². The summed E-state index contributed by atoms with van der Waals surface area (Å²) in [5.74, 6) is 0.570. The molecule has 0 unspecified atom stereocenters. The number of hydrogen-bond donors (Lipinski definition) is 0. The first kappa shape index (κ1) is 17.4. The number of amides is 1. The monoisotopic (exact) mass is 339 g/mol. The average Bonchev–Trinajstić information content (AvgIpc) is 2.64. The van der Waals surface area contributed by atoms with E-state index in [0.29, 0.717) is 11.5 Å². The maximum Gasteiger partial charge on any atom is 0.254 e. The van der Waals surface area contributed by atoms with Crippen molar-refractivity contribution in [2.75, 3.05) is 6.54 Å². The van der Waals surface area contributed by atoms with Gasteiger partial charge < -0.3 is 4.90 Å². The summed E-state index contributed by atoms with van der Waals surface area (Å²) >= 11 is 0. The van der Waals surface area contributed by atoms with Crippen LogP contribution < -0.4 is 5.56 Å². The molecule has 132 valence electrons. The molecule has 0 bridgehead atoms. The molecule has 1 aromatic carbocycles. The van der Waals surface area contributed by atoms with E-state index in [1.54, 1.807) is 6.92 Å². The van der Waals surface area contributed by atoms with Crippen LogP contribution in [0.25, 0.3) is 11.4 Å². The van der Waals surface area contributed by atoms with E-state index in [1.807, 2.05) is 35.2 Å². The molecule has 1 fully saturated rings. The summed E-state index contributed by atoms with van der Waals surface area (Å²) in [6.07, 6.45) is 4.21. The first-order chi connectivity index (χ1) is 12.1. The van der Waals surface area contributed by atoms with Gasteiger partial charge >= 0.3 is 0 Å². The number of aromatic nitrogens is 2. The molecule has 2 aromatic rings. The second kappa shape index (κ2) is 7.64. The number of carbonyl (C=O) groups is 1. The molecular formula is C20H25N3O2. The first-order valence-corrected chi connectivity index (χ1v) is 9.03. The van der Waals surface area contributed by atoms with Gasteiger partial charge in [0.2, 0.25) is 5.91 Å². The van der Waals surface area contributed by atoms with Crippen LogP contribution in [0.2, 0.25) is 0 Å². The van der Waals surface area contributed by atoms with E-state index in [2.05, 4.69) is 11.9 Å². The normalized spacial score (nSPS) is 17.5. The molecule has 0 radical (unpaired) electrons. The number of rotatable bonds is 4. The molecule has 0 spiro atoms. The fourth-order valence-electron chi connectivity index (χ4n) is 3.56. The van der Waals surface area contributed by atoms with E-state index in [-0.39, 0.29) is 24.1 Å². The van der Waals surface area contributed by atoms with Gasteiger partial charge in [-0.25, -0.2) is 4.98 Å². The molecule has 1 aliphatic rings. The van der Waals surface area contributed by atoms with Gasteiger partial charge in [0.25, 0.3) is 5.56 Å². The Kier molecular flexibility index (Phi) is 5.31. The second-order valence-electron chi connectivity index (χ2n) is 6.66. The van der Waals surface area contributed by atoms with E-state index in [9.17, 15) is 9.59 Å². The van der Waals surface area contributed by atoms with Crippen LogP contribution in [0.4, 0.5) is 0 Å². The maximum atomic E-state index is 12.9. The predicted octanol–water partition coefficient (Wildman–Crippen LogP) is 3.01. The quantitative estimate of drug-likeness (QED) is 0.860. The van der Waals surface area contributed by atoms with Gasteiger partial charge in [0.15, 0.2) is 0 Å². The Balaban J connectivity index is 1.94. The topological polar surface area (TPSA) is 55.2 Å². The Hall–Kier alpha value is -2.43. The Morgan fingerprint density at radius 3 is 2.72 bits per heavy atom. The van der Waals surface area contributed by atoms with Crippen molar-refractivity contribution in [3.8, 4) is 11.4 Å². The number of benzene rings is 1. The van der Waals surface area contributed by atoms with Gasteiger partial charge in [0.05, 0.1) is 0 Å². The predicted molar refractivity (Wildman–Crippen MR) is 98.3 cm³/mol. The highest BCUT2D eigenvalue weighted by molar-refractivity contribution is 5.77. The van der Waals surface area contributed by atoms with Gasteiger partial charge in [0.1, 0.15) is 12.4 Å². The largest absolute Gasteiger partial charge is 0.338 e. The van der Waals surface area contributed by atoms with Crippen molar-refractivity contribution in [1.82, 2.24) is 14.5 Å². The molecule has 1 atom stereocenters. The van der Waals surface area contributed by atoms with Crippen molar-refractivity contribution in [3.63, 3.8) is 0 Å². The SMILES string of the molecule is CC[C@@H]1CCCCN1C(=O)Cn1c(-c2ccccc2)nc(C)cc1=O. The molecule has 5 nitrogen and oxygen atoms in total. The van der Waals surface area contributed by atoms with Crippen molar-refractivity contribution in [3.05, 3.63) is 52.4 Å². The number of aryl methyl sites for hydroxylation is 1. The number of nitrogens with zero attached hydrogens (tertiary/aromatic N) is 3. The summed E-state index contributed by atoms with van der Waals surface area (Å²) in [6, 6.07) is 11.4. The number of hydrogen-bond acceptors (Lipinski definition) is 3. The lowest BCUT2D eigenvalue weighted by molar-refractivity contribution is -0.135. The van der Waals surface area contributed by atoms with Crippen LogP contribution in [-0.4, -0.2) is 32.9 Å². The minimum Gasteiger partial charge on any atom is -0.338 e. The van der Waals surface area contributed by atoms with E-state index in [0.717, 1.165) is 31.4 Å². The highest BCUT2D eigenvalue weighted by Gasteiger charge is 2.26. The molecule has 1 aromatic heterocycles. The summed E-state index contributed by atoms with van der Waals surface area (Å²) < 4.78 is 1.51. The van der Waals surface area contributed by atoms with Gasteiger partial charge in [0, 0.05) is 29.9 Å². The average molecular weight is 339 g/mol. The van der Waals surface area contributed by atoms with E-state index in [4.69, 9.17) is 0 Å². The molecule has 0 N–H and O–H groups in total. The van der Waals surface area contributed by atoms with Crippen LogP contribution in [0.15, 0.2) is 41.2 Å². The van der Waals surface area contributed by atoms with E-state index >= 15 is 0 Å². The maximum absolute atomic E-state index is 12.9. The fourth-order valence-corrected chi connectivity index (χ4v) is 3.56. The molecule has 0 aliphatic carbocycles. The Morgan fingerprint density at radius 2 is 2.00 bits per heavy atom. The Labute approximate surface area is 148 Å². The third-order valence-corrected chi connectivity index (χ3v) is 4.88. The van der Waals surface area contributed by atoms with Crippen LogP contribution in [0.3, 0.4) is 0 Å². The van der Waals surface area contributed by atoms with Gasteiger partial charge in [-0.15, -0.1) is 0 Å². The molecule has 1 amide bonds. The molecule has 2 heterocycles. The molecule has 3 rings (SSSR count). The lowest BCUT2D eigenvalue weighted by atomic mass is 10.00. The standard InChI is InChI=1S/C20H25N3O2/c1-3-17-11-7-8-12-22(17)19(25)14-23-18(24)13-15(2)21-20(23)16-9-5-4-6-10-16/h4-6,9-10,13,17H,3,7-8,11-12,14H2,1-2H3/t17-/m1/s1. The minimum atomic E-state index is -0.176. The number of piperidine rings is 1. The third-order valence-electron chi connectivity index (χ3n) is 4.88. The molecule has 25 heavy (non-hydrogen) atoms. The zero-order valence-electron chi connectivity index (χ0n) is 14.9. The molecule has 0 saturated carbocycles. The zero-order valence-corrected chi connectivity index (χ0v) is 14.9. The van der Waals surface area contributed by atoms with Crippen molar-refractivity contribution in [1.29, 1.82) is 0 Å². The van der Waals surface area contributed by atoms with Crippen LogP contribution >= 0.6 is 0 Å². The number of likely N-dealkylation sites (tertiary alicyclic amines) is 1. The summed E-state index contributed by atoms with van der Waals surface area (Å²) in [6.45, 7) is 4.75. The summed E-state index contributed by atoms with van der Waals surface area (Å²) in [5.41, 5.74) is 1.34. The lowest BCUT2D eigenvalue weighted by Crippen LogP contribution is -2.46. The Bertz CT molecular complexity index is 798. The smallest absolute Gasteiger partial charge is 0.254 e. The van der Waals surface area contributed by atoms with Gasteiger partial charge in [-0.05, 0) is 32.6 Å². The van der Waals surface area contributed by atoms with Crippen molar-refractivity contribution >= 4 is 5.91 Å². The fraction of sp³-hybridized carbons (Fsp3) is 0.450. The minimum absolute atomic E-state index is 0.0106. The van der Waals surface area contributed by atoms with Crippen LogP contribution in [-0.2, 0) is 11.3 Å². The molecule has 1 saturated heterocycles. The van der Waals surface area contributed by atoms with E-state index in [1.165, 1.54) is 17.1 Å². The lowest BCUT2D eigenvalue weighted by Gasteiger charge is -2.35. The van der Waals surface area contributed by atoms with Crippen molar-refractivity contribution in [2.45, 2.75) is 52.1 Å².